The molecule has 0 bridgehead atoms. The topological polar surface area (TPSA) is 35.5 Å². The van der Waals surface area contributed by atoms with Crippen molar-refractivity contribution in [3.63, 3.8) is 0 Å². The third kappa shape index (κ3) is 1.75. The molecule has 0 unspecified atom stereocenters. The van der Waals surface area contributed by atoms with E-state index in [9.17, 15) is 4.79 Å². The highest BCUT2D eigenvalue weighted by Gasteiger charge is 2.03. The molecule has 12 heavy (non-hydrogen) atoms. The van der Waals surface area contributed by atoms with Gasteiger partial charge in [0.05, 0.1) is 19.8 Å². The average Bonchev–Trinajstić information content (AvgIpc) is 2.17. The SMILES string of the molecule is COC(=O)c1[c]cc(OC)cc1. The molecule has 0 aliphatic heterocycles. The molecule has 0 spiro atoms. The van der Waals surface area contributed by atoms with Crippen LogP contribution in [0.4, 0.5) is 0 Å². The maximum atomic E-state index is 10.9. The molecule has 1 radical (unpaired) electrons. The zero-order chi connectivity index (χ0) is 8.97. The van der Waals surface area contributed by atoms with Gasteiger partial charge in [0.15, 0.2) is 0 Å². The largest absolute Gasteiger partial charge is 0.497 e. The van der Waals surface area contributed by atoms with Crippen LogP contribution in [-0.2, 0) is 4.74 Å². The van der Waals surface area contributed by atoms with Crippen molar-refractivity contribution in [3.05, 3.63) is 29.8 Å². The van der Waals surface area contributed by atoms with Gasteiger partial charge in [-0.15, -0.1) is 0 Å². The first-order valence-corrected chi connectivity index (χ1v) is 3.42. The molecule has 0 heterocycles. The van der Waals surface area contributed by atoms with E-state index in [0.717, 1.165) is 0 Å². The van der Waals surface area contributed by atoms with Crippen LogP contribution in [0.2, 0.25) is 0 Å². The van der Waals surface area contributed by atoms with Crippen molar-refractivity contribution >= 4 is 5.97 Å². The van der Waals surface area contributed by atoms with Crippen molar-refractivity contribution in [3.8, 4) is 5.75 Å². The van der Waals surface area contributed by atoms with Crippen molar-refractivity contribution in [1.29, 1.82) is 0 Å². The summed E-state index contributed by atoms with van der Waals surface area (Å²) in [7, 11) is 2.89. The molecule has 0 atom stereocenters. The van der Waals surface area contributed by atoms with E-state index in [-0.39, 0.29) is 0 Å². The molecular formula is C9H9O3. The molecule has 0 saturated heterocycles. The van der Waals surface area contributed by atoms with Gasteiger partial charge in [0.2, 0.25) is 0 Å². The predicted octanol–water partition coefficient (Wildman–Crippen LogP) is 1.28. The first kappa shape index (κ1) is 8.59. The molecule has 63 valence electrons. The van der Waals surface area contributed by atoms with E-state index in [4.69, 9.17) is 4.74 Å². The van der Waals surface area contributed by atoms with E-state index >= 15 is 0 Å². The second-order valence-corrected chi connectivity index (χ2v) is 2.13. The van der Waals surface area contributed by atoms with E-state index in [1.165, 1.54) is 7.11 Å². The molecule has 0 aromatic heterocycles. The minimum atomic E-state index is -0.391. The van der Waals surface area contributed by atoms with Gasteiger partial charge in [-0.25, -0.2) is 4.79 Å². The first-order chi connectivity index (χ1) is 5.77. The fourth-order valence-electron chi connectivity index (χ4n) is 0.774. The fraction of sp³-hybridized carbons (Fsp3) is 0.222. The lowest BCUT2D eigenvalue weighted by Crippen LogP contribution is -2.00. The maximum absolute atomic E-state index is 10.9. The summed E-state index contributed by atoms with van der Waals surface area (Å²) in [5.41, 5.74) is 0.401. The number of ether oxygens (including phenoxy) is 2. The number of hydrogen-bond acceptors (Lipinski definition) is 3. The Kier molecular flexibility index (Phi) is 2.69. The molecule has 0 aliphatic rings. The Labute approximate surface area is 70.9 Å². The Hall–Kier alpha value is -1.51. The lowest BCUT2D eigenvalue weighted by Gasteiger charge is -2.00. The zero-order valence-corrected chi connectivity index (χ0v) is 6.96. The van der Waals surface area contributed by atoms with E-state index in [1.54, 1.807) is 25.3 Å². The van der Waals surface area contributed by atoms with Gasteiger partial charge in [-0.05, 0) is 18.2 Å². The molecule has 1 aromatic carbocycles. The summed E-state index contributed by atoms with van der Waals surface area (Å²) in [6, 6.07) is 7.61. The number of benzene rings is 1. The van der Waals surface area contributed by atoms with Crippen LogP contribution in [0.3, 0.4) is 0 Å². The highest BCUT2D eigenvalue weighted by atomic mass is 16.5. The summed E-state index contributed by atoms with van der Waals surface area (Å²) >= 11 is 0. The van der Waals surface area contributed by atoms with Crippen LogP contribution in [-0.4, -0.2) is 20.2 Å². The van der Waals surface area contributed by atoms with E-state index in [2.05, 4.69) is 10.8 Å². The molecule has 0 fully saturated rings. The second kappa shape index (κ2) is 3.76. The highest BCUT2D eigenvalue weighted by molar-refractivity contribution is 5.89. The average molecular weight is 165 g/mol. The van der Waals surface area contributed by atoms with Crippen LogP contribution in [0.5, 0.6) is 5.75 Å². The summed E-state index contributed by atoms with van der Waals surface area (Å²) in [6.45, 7) is 0. The minimum absolute atomic E-state index is 0.391. The van der Waals surface area contributed by atoms with Gasteiger partial charge in [-0.2, -0.15) is 0 Å². The van der Waals surface area contributed by atoms with E-state index in [0.29, 0.717) is 11.3 Å². The number of esters is 1. The van der Waals surface area contributed by atoms with Gasteiger partial charge in [0, 0.05) is 6.07 Å². The maximum Gasteiger partial charge on any atom is 0.338 e. The fourth-order valence-corrected chi connectivity index (χ4v) is 0.774. The normalized spacial score (nSPS) is 9.17. The summed E-state index contributed by atoms with van der Waals surface area (Å²) in [4.78, 5) is 10.9. The van der Waals surface area contributed by atoms with Crippen molar-refractivity contribution in [2.75, 3.05) is 14.2 Å². The van der Waals surface area contributed by atoms with Crippen LogP contribution in [0.1, 0.15) is 10.4 Å². The standard InChI is InChI=1S/C9H9O3/c1-11-8-5-3-7(4-6-8)9(10)12-2/h3,5-6H,1-2H3. The Morgan fingerprint density at radius 2 is 2.17 bits per heavy atom. The molecule has 3 heteroatoms. The molecule has 3 nitrogen and oxygen atoms in total. The van der Waals surface area contributed by atoms with Gasteiger partial charge >= 0.3 is 5.97 Å². The molecular weight excluding hydrogens is 156 g/mol. The Morgan fingerprint density at radius 1 is 1.42 bits per heavy atom. The molecule has 1 aromatic rings. The number of hydrogen-bond donors (Lipinski definition) is 0. The van der Waals surface area contributed by atoms with Gasteiger partial charge < -0.3 is 9.47 Å². The van der Waals surface area contributed by atoms with E-state index < -0.39 is 5.97 Å². The van der Waals surface area contributed by atoms with Gasteiger partial charge in [0.25, 0.3) is 0 Å². The van der Waals surface area contributed by atoms with Crippen LogP contribution in [0.15, 0.2) is 18.2 Å². The highest BCUT2D eigenvalue weighted by Crippen LogP contribution is 2.10. The van der Waals surface area contributed by atoms with Crippen LogP contribution in [0.25, 0.3) is 0 Å². The van der Waals surface area contributed by atoms with Crippen molar-refractivity contribution in [2.45, 2.75) is 0 Å². The summed E-state index contributed by atoms with van der Waals surface area (Å²) in [5.74, 6) is 0.278. The molecule has 0 saturated carbocycles. The Balaban J connectivity index is 2.84. The second-order valence-electron chi connectivity index (χ2n) is 2.13. The predicted molar refractivity (Wildman–Crippen MR) is 43.2 cm³/mol. The molecule has 1 rings (SSSR count). The van der Waals surface area contributed by atoms with Gasteiger partial charge in [0.1, 0.15) is 5.75 Å². The van der Waals surface area contributed by atoms with Crippen molar-refractivity contribution in [1.82, 2.24) is 0 Å². The van der Waals surface area contributed by atoms with Crippen molar-refractivity contribution < 1.29 is 14.3 Å². The number of carbonyl (C=O) groups excluding carboxylic acids is 1. The van der Waals surface area contributed by atoms with Crippen molar-refractivity contribution in [2.24, 2.45) is 0 Å². The number of carbonyl (C=O) groups is 1. The quantitative estimate of drug-likeness (QED) is 0.619. The number of rotatable bonds is 2. The summed E-state index contributed by atoms with van der Waals surface area (Å²) in [5, 5.41) is 0. The van der Waals surface area contributed by atoms with E-state index in [1.807, 2.05) is 0 Å². The molecule has 0 aliphatic carbocycles. The number of methoxy groups -OCH3 is 2. The zero-order valence-electron chi connectivity index (χ0n) is 6.96. The van der Waals surface area contributed by atoms with Crippen LogP contribution < -0.4 is 4.74 Å². The Morgan fingerprint density at radius 3 is 2.58 bits per heavy atom. The van der Waals surface area contributed by atoms with Gasteiger partial charge in [-0.3, -0.25) is 0 Å². The summed E-state index contributed by atoms with van der Waals surface area (Å²) in [6.07, 6.45) is 0. The first-order valence-electron chi connectivity index (χ1n) is 3.42. The van der Waals surface area contributed by atoms with Gasteiger partial charge in [-0.1, -0.05) is 0 Å². The minimum Gasteiger partial charge on any atom is -0.497 e. The van der Waals surface area contributed by atoms with Crippen LogP contribution in [0, 0.1) is 6.07 Å². The Bertz CT molecular complexity index is 264. The smallest absolute Gasteiger partial charge is 0.338 e. The third-order valence-electron chi connectivity index (χ3n) is 1.43. The lowest BCUT2D eigenvalue weighted by molar-refractivity contribution is 0.0600. The molecule has 0 N–H and O–H groups in total. The molecule has 0 amide bonds. The van der Waals surface area contributed by atoms with Crippen LogP contribution >= 0.6 is 0 Å². The monoisotopic (exact) mass is 165 g/mol. The summed E-state index contributed by atoms with van der Waals surface area (Å²) < 4.78 is 9.40. The lowest BCUT2D eigenvalue weighted by atomic mass is 10.2. The third-order valence-corrected chi connectivity index (χ3v) is 1.43.